The van der Waals surface area contributed by atoms with Crippen molar-refractivity contribution in [3.05, 3.63) is 33.9 Å². The van der Waals surface area contributed by atoms with Crippen LogP contribution in [0.3, 0.4) is 0 Å². The lowest BCUT2D eigenvalue weighted by molar-refractivity contribution is -0.385. The maximum absolute atomic E-state index is 12.1. The molecule has 0 atom stereocenters. The Kier molecular flexibility index (Phi) is 6.34. The third-order valence-corrected chi connectivity index (χ3v) is 4.05. The lowest BCUT2D eigenvalue weighted by atomic mass is 10.1. The van der Waals surface area contributed by atoms with Crippen LogP contribution in [-0.4, -0.2) is 49.0 Å². The summed E-state index contributed by atoms with van der Waals surface area (Å²) in [6.07, 6.45) is 4.97. The van der Waals surface area contributed by atoms with Crippen molar-refractivity contribution in [2.45, 2.75) is 25.7 Å². The molecule has 7 heteroatoms. The van der Waals surface area contributed by atoms with E-state index in [-0.39, 0.29) is 22.9 Å². The second-order valence-corrected chi connectivity index (χ2v) is 5.66. The molecule has 1 heterocycles. The molecule has 0 unspecified atom stereocenters. The molecule has 0 aliphatic carbocycles. The molecule has 0 aromatic heterocycles. The summed E-state index contributed by atoms with van der Waals surface area (Å²) in [4.78, 5) is 24.9. The molecule has 23 heavy (non-hydrogen) atoms. The molecule has 7 nitrogen and oxygen atoms in total. The van der Waals surface area contributed by atoms with Crippen LogP contribution in [0.25, 0.3) is 0 Å². The maximum Gasteiger partial charge on any atom is 0.311 e. The van der Waals surface area contributed by atoms with Crippen molar-refractivity contribution in [2.75, 3.05) is 33.3 Å². The van der Waals surface area contributed by atoms with Gasteiger partial charge in [-0.1, -0.05) is 12.8 Å². The molecule has 2 rings (SSSR count). The zero-order chi connectivity index (χ0) is 16.7. The van der Waals surface area contributed by atoms with Crippen LogP contribution in [0.4, 0.5) is 5.69 Å². The topological polar surface area (TPSA) is 84.7 Å². The summed E-state index contributed by atoms with van der Waals surface area (Å²) < 4.78 is 4.93. The van der Waals surface area contributed by atoms with Crippen LogP contribution in [0, 0.1) is 10.1 Å². The monoisotopic (exact) mass is 321 g/mol. The number of nitro benzene ring substituents is 1. The van der Waals surface area contributed by atoms with Gasteiger partial charge < -0.3 is 15.0 Å². The Balaban J connectivity index is 1.90. The van der Waals surface area contributed by atoms with Crippen molar-refractivity contribution in [3.8, 4) is 5.75 Å². The van der Waals surface area contributed by atoms with Crippen LogP contribution in [0.2, 0.25) is 0 Å². The highest BCUT2D eigenvalue weighted by atomic mass is 16.6. The largest absolute Gasteiger partial charge is 0.490 e. The highest BCUT2D eigenvalue weighted by Gasteiger charge is 2.18. The Hall–Kier alpha value is -2.15. The zero-order valence-corrected chi connectivity index (χ0v) is 13.4. The molecule has 0 spiro atoms. The second-order valence-electron chi connectivity index (χ2n) is 5.66. The van der Waals surface area contributed by atoms with Gasteiger partial charge >= 0.3 is 5.69 Å². The van der Waals surface area contributed by atoms with Gasteiger partial charge in [-0.15, -0.1) is 0 Å². The zero-order valence-electron chi connectivity index (χ0n) is 13.4. The van der Waals surface area contributed by atoms with Crippen LogP contribution in [0.15, 0.2) is 18.2 Å². The van der Waals surface area contributed by atoms with Crippen LogP contribution in [-0.2, 0) is 0 Å². The molecule has 126 valence electrons. The van der Waals surface area contributed by atoms with E-state index in [1.165, 1.54) is 51.0 Å². The summed E-state index contributed by atoms with van der Waals surface area (Å²) in [5, 5.41) is 13.8. The number of carbonyl (C=O) groups is 1. The first-order valence-corrected chi connectivity index (χ1v) is 7.95. The lowest BCUT2D eigenvalue weighted by Gasteiger charge is -2.19. The summed E-state index contributed by atoms with van der Waals surface area (Å²) in [6, 6.07) is 4.23. The van der Waals surface area contributed by atoms with Crippen molar-refractivity contribution in [1.82, 2.24) is 10.2 Å². The van der Waals surface area contributed by atoms with E-state index in [9.17, 15) is 14.9 Å². The molecule has 1 fully saturated rings. The van der Waals surface area contributed by atoms with E-state index in [0.717, 1.165) is 19.6 Å². The first-order valence-electron chi connectivity index (χ1n) is 7.95. The van der Waals surface area contributed by atoms with E-state index >= 15 is 0 Å². The van der Waals surface area contributed by atoms with E-state index < -0.39 is 4.92 Å². The number of nitro groups is 1. The van der Waals surface area contributed by atoms with Gasteiger partial charge in [-0.25, -0.2) is 0 Å². The van der Waals surface area contributed by atoms with Crippen LogP contribution >= 0.6 is 0 Å². The quantitative estimate of drug-likeness (QED) is 0.641. The maximum atomic E-state index is 12.1. The number of ether oxygens (including phenoxy) is 1. The number of methoxy groups -OCH3 is 1. The molecule has 0 bridgehead atoms. The molecule has 1 saturated heterocycles. The smallest absolute Gasteiger partial charge is 0.311 e. The SMILES string of the molecule is COc1ccc(C(=O)NCCN2CCCCCC2)cc1[N+](=O)[O-]. The Morgan fingerprint density at radius 3 is 2.61 bits per heavy atom. The number of hydrogen-bond acceptors (Lipinski definition) is 5. The fraction of sp³-hybridized carbons (Fsp3) is 0.562. The first kappa shape index (κ1) is 17.2. The van der Waals surface area contributed by atoms with E-state index in [0.29, 0.717) is 6.54 Å². The molecular formula is C16H23N3O4. The Morgan fingerprint density at radius 2 is 2.00 bits per heavy atom. The normalized spacial score (nSPS) is 15.7. The molecule has 0 radical (unpaired) electrons. The number of carbonyl (C=O) groups excluding carboxylic acids is 1. The van der Waals surface area contributed by atoms with Crippen LogP contribution in [0.5, 0.6) is 5.75 Å². The minimum atomic E-state index is -0.549. The summed E-state index contributed by atoms with van der Waals surface area (Å²) >= 11 is 0. The van der Waals surface area contributed by atoms with Gasteiger partial charge in [0.05, 0.1) is 12.0 Å². The third-order valence-electron chi connectivity index (χ3n) is 4.05. The second kappa shape index (κ2) is 8.47. The first-order chi connectivity index (χ1) is 11.1. The number of nitrogens with one attached hydrogen (secondary N) is 1. The van der Waals surface area contributed by atoms with E-state index in [2.05, 4.69) is 10.2 Å². The van der Waals surface area contributed by atoms with Gasteiger partial charge in [0, 0.05) is 24.7 Å². The van der Waals surface area contributed by atoms with Gasteiger partial charge in [-0.2, -0.15) is 0 Å². The predicted octanol–water partition coefficient (Wildman–Crippen LogP) is 2.21. The summed E-state index contributed by atoms with van der Waals surface area (Å²) in [7, 11) is 1.36. The number of nitrogens with zero attached hydrogens (tertiary/aromatic N) is 2. The van der Waals surface area contributed by atoms with E-state index in [4.69, 9.17) is 4.74 Å². The van der Waals surface area contributed by atoms with Crippen molar-refractivity contribution in [3.63, 3.8) is 0 Å². The standard InChI is InChI=1S/C16H23N3O4/c1-23-15-7-6-13(12-14(15)19(21)22)16(20)17-8-11-18-9-4-2-3-5-10-18/h6-7,12H,2-5,8-11H2,1H3,(H,17,20). The van der Waals surface area contributed by atoms with Gasteiger partial charge in [0.15, 0.2) is 5.75 Å². The van der Waals surface area contributed by atoms with Gasteiger partial charge in [0.1, 0.15) is 0 Å². The van der Waals surface area contributed by atoms with Crippen molar-refractivity contribution in [2.24, 2.45) is 0 Å². The minimum Gasteiger partial charge on any atom is -0.490 e. The number of benzene rings is 1. The molecule has 1 aromatic rings. The van der Waals surface area contributed by atoms with E-state index in [1.54, 1.807) is 0 Å². The third kappa shape index (κ3) is 4.92. The molecule has 1 aromatic carbocycles. The number of rotatable bonds is 6. The molecule has 0 saturated carbocycles. The van der Waals surface area contributed by atoms with Gasteiger partial charge in [0.25, 0.3) is 5.91 Å². The van der Waals surface area contributed by atoms with E-state index in [1.807, 2.05) is 0 Å². The number of amides is 1. The van der Waals surface area contributed by atoms with Crippen molar-refractivity contribution < 1.29 is 14.5 Å². The minimum absolute atomic E-state index is 0.149. The Bertz CT molecular complexity index is 554. The fourth-order valence-electron chi connectivity index (χ4n) is 2.76. The predicted molar refractivity (Wildman–Crippen MR) is 86.9 cm³/mol. The summed E-state index contributed by atoms with van der Waals surface area (Å²) in [6.45, 7) is 3.50. The number of likely N-dealkylation sites (tertiary alicyclic amines) is 1. The summed E-state index contributed by atoms with van der Waals surface area (Å²) in [5.41, 5.74) is 0.0704. The van der Waals surface area contributed by atoms with Gasteiger partial charge in [-0.3, -0.25) is 14.9 Å². The molecule has 1 N–H and O–H groups in total. The lowest BCUT2D eigenvalue weighted by Crippen LogP contribution is -2.35. The van der Waals surface area contributed by atoms with Gasteiger partial charge in [0.2, 0.25) is 0 Å². The van der Waals surface area contributed by atoms with Crippen molar-refractivity contribution >= 4 is 11.6 Å². The van der Waals surface area contributed by atoms with Crippen LogP contribution in [0.1, 0.15) is 36.0 Å². The van der Waals surface area contributed by atoms with Gasteiger partial charge in [-0.05, 0) is 38.1 Å². The molecule has 1 aliphatic heterocycles. The average molecular weight is 321 g/mol. The average Bonchev–Trinajstić information content (AvgIpc) is 2.82. The van der Waals surface area contributed by atoms with Crippen LogP contribution < -0.4 is 10.1 Å². The molecular weight excluding hydrogens is 298 g/mol. The summed E-state index contributed by atoms with van der Waals surface area (Å²) in [5.74, 6) is -0.151. The molecule has 1 amide bonds. The highest BCUT2D eigenvalue weighted by molar-refractivity contribution is 5.95. The van der Waals surface area contributed by atoms with Crippen molar-refractivity contribution in [1.29, 1.82) is 0 Å². The highest BCUT2D eigenvalue weighted by Crippen LogP contribution is 2.27. The Labute approximate surface area is 135 Å². The number of hydrogen-bond donors (Lipinski definition) is 1. The molecule has 1 aliphatic rings. The Morgan fingerprint density at radius 1 is 1.30 bits per heavy atom. The fourth-order valence-corrected chi connectivity index (χ4v) is 2.76.